The molecule has 0 radical (unpaired) electrons. The van der Waals surface area contributed by atoms with Gasteiger partial charge in [-0.05, 0) is 6.42 Å². The van der Waals surface area contributed by atoms with Gasteiger partial charge in [0, 0.05) is 32.1 Å². The molecule has 0 bridgehead atoms. The van der Waals surface area contributed by atoms with Gasteiger partial charge in [0.2, 0.25) is 5.91 Å². The van der Waals surface area contributed by atoms with Gasteiger partial charge in [-0.2, -0.15) is 0 Å². The van der Waals surface area contributed by atoms with Crippen LogP contribution in [-0.2, 0) is 11.3 Å². The first-order valence-corrected chi connectivity index (χ1v) is 5.73. The van der Waals surface area contributed by atoms with Crippen LogP contribution in [0.2, 0.25) is 0 Å². The molecule has 98 valence electrons. The normalized spacial score (nSPS) is 19.9. The van der Waals surface area contributed by atoms with Crippen LogP contribution in [0.3, 0.4) is 0 Å². The highest BCUT2D eigenvalue weighted by Gasteiger charge is 2.24. The van der Waals surface area contributed by atoms with Gasteiger partial charge in [-0.1, -0.05) is 5.16 Å². The van der Waals surface area contributed by atoms with Crippen molar-refractivity contribution in [1.29, 1.82) is 0 Å². The van der Waals surface area contributed by atoms with Gasteiger partial charge in [0.25, 0.3) is 0 Å². The molecule has 0 saturated carbocycles. The van der Waals surface area contributed by atoms with Crippen LogP contribution in [0, 0.1) is 0 Å². The molecule has 2 N–H and O–H groups in total. The van der Waals surface area contributed by atoms with Gasteiger partial charge in [0.15, 0.2) is 11.5 Å². The number of hydrogen-bond donors (Lipinski definition) is 2. The monoisotopic (exact) mass is 253 g/mol. The molecule has 0 spiro atoms. The number of carbonyl (C=O) groups excluding carboxylic acids is 1. The molecular weight excluding hydrogens is 238 g/mol. The molecule has 18 heavy (non-hydrogen) atoms. The van der Waals surface area contributed by atoms with Crippen molar-refractivity contribution in [2.24, 2.45) is 0 Å². The highest BCUT2D eigenvalue weighted by molar-refractivity contribution is 5.85. The lowest BCUT2D eigenvalue weighted by Crippen LogP contribution is -2.35. The molecule has 1 aliphatic heterocycles. The molecule has 7 nitrogen and oxygen atoms in total. The maximum atomic E-state index is 10.9. The minimum absolute atomic E-state index is 0.0327. The van der Waals surface area contributed by atoms with E-state index in [1.165, 1.54) is 13.0 Å². The van der Waals surface area contributed by atoms with E-state index in [0.717, 1.165) is 19.5 Å². The summed E-state index contributed by atoms with van der Waals surface area (Å²) in [4.78, 5) is 23.7. The number of likely N-dealkylation sites (tertiary alicyclic amines) is 1. The summed E-state index contributed by atoms with van der Waals surface area (Å²) in [6.45, 7) is 3.59. The van der Waals surface area contributed by atoms with E-state index < -0.39 is 5.97 Å². The van der Waals surface area contributed by atoms with Crippen LogP contribution in [0.15, 0.2) is 10.6 Å². The van der Waals surface area contributed by atoms with Crippen molar-refractivity contribution in [2.45, 2.75) is 25.9 Å². The molecule has 1 aliphatic rings. The van der Waals surface area contributed by atoms with Crippen LogP contribution in [0.1, 0.15) is 29.6 Å². The SMILES string of the molecule is CC(=O)NC1CCN(Cc2cc(C(=O)O)no2)C1. The third-order valence-electron chi connectivity index (χ3n) is 2.84. The summed E-state index contributed by atoms with van der Waals surface area (Å²) in [6, 6.07) is 1.58. The third kappa shape index (κ3) is 3.07. The molecule has 1 aromatic rings. The number of nitrogens with zero attached hydrogens (tertiary/aromatic N) is 2. The fraction of sp³-hybridized carbons (Fsp3) is 0.545. The van der Waals surface area contributed by atoms with E-state index >= 15 is 0 Å². The first-order chi connectivity index (χ1) is 8.54. The van der Waals surface area contributed by atoms with Crippen molar-refractivity contribution in [1.82, 2.24) is 15.4 Å². The predicted octanol–water partition coefficient (Wildman–Crippen LogP) is 0.0832. The minimum Gasteiger partial charge on any atom is -0.476 e. The number of amides is 1. The van der Waals surface area contributed by atoms with Crippen molar-refractivity contribution < 1.29 is 19.2 Å². The molecule has 2 heterocycles. The number of nitrogens with one attached hydrogen (secondary N) is 1. The number of rotatable bonds is 4. The Bertz CT molecular complexity index is 457. The molecule has 1 aromatic heterocycles. The Morgan fingerprint density at radius 2 is 2.44 bits per heavy atom. The second-order valence-electron chi connectivity index (χ2n) is 4.40. The summed E-state index contributed by atoms with van der Waals surface area (Å²) in [5.41, 5.74) is -0.0809. The second-order valence-corrected chi connectivity index (χ2v) is 4.40. The molecule has 1 amide bonds. The Hall–Kier alpha value is -1.89. The summed E-state index contributed by atoms with van der Waals surface area (Å²) in [5.74, 6) is -0.604. The molecule has 7 heteroatoms. The zero-order chi connectivity index (χ0) is 13.1. The number of hydrogen-bond acceptors (Lipinski definition) is 5. The zero-order valence-corrected chi connectivity index (χ0v) is 10.0. The lowest BCUT2D eigenvalue weighted by Gasteiger charge is -2.14. The lowest BCUT2D eigenvalue weighted by molar-refractivity contribution is -0.119. The Labute approximate surface area is 104 Å². The zero-order valence-electron chi connectivity index (χ0n) is 10.0. The largest absolute Gasteiger partial charge is 0.476 e. The molecule has 0 aromatic carbocycles. The molecule has 0 aliphatic carbocycles. The molecule has 1 fully saturated rings. The van der Waals surface area contributed by atoms with E-state index in [9.17, 15) is 9.59 Å². The average molecular weight is 253 g/mol. The van der Waals surface area contributed by atoms with E-state index in [0.29, 0.717) is 12.3 Å². The molecule has 2 rings (SSSR count). The van der Waals surface area contributed by atoms with Crippen molar-refractivity contribution in [3.63, 3.8) is 0 Å². The average Bonchev–Trinajstić information content (AvgIpc) is 2.88. The lowest BCUT2D eigenvalue weighted by atomic mass is 10.2. The first kappa shape index (κ1) is 12.6. The summed E-state index contributed by atoms with van der Waals surface area (Å²) in [7, 11) is 0. The summed E-state index contributed by atoms with van der Waals surface area (Å²) >= 11 is 0. The topological polar surface area (TPSA) is 95.7 Å². The first-order valence-electron chi connectivity index (χ1n) is 5.73. The standard InChI is InChI=1S/C11H15N3O4/c1-7(15)12-8-2-3-14(5-8)6-9-4-10(11(16)17)13-18-9/h4,8H,2-3,5-6H2,1H3,(H,12,15)(H,16,17). The van der Waals surface area contributed by atoms with Crippen LogP contribution in [0.25, 0.3) is 0 Å². The number of aromatic nitrogens is 1. The van der Waals surface area contributed by atoms with Crippen LogP contribution in [-0.4, -0.2) is 46.2 Å². The molecule has 1 saturated heterocycles. The van der Waals surface area contributed by atoms with Crippen molar-refractivity contribution in [3.8, 4) is 0 Å². The van der Waals surface area contributed by atoms with Crippen molar-refractivity contribution in [3.05, 3.63) is 17.5 Å². The fourth-order valence-electron chi connectivity index (χ4n) is 2.09. The highest BCUT2D eigenvalue weighted by Crippen LogP contribution is 2.14. The second kappa shape index (κ2) is 5.18. The number of carboxylic acid groups (broad SMARTS) is 1. The van der Waals surface area contributed by atoms with Crippen LogP contribution < -0.4 is 5.32 Å². The van der Waals surface area contributed by atoms with Gasteiger partial charge in [-0.3, -0.25) is 9.69 Å². The van der Waals surface area contributed by atoms with E-state index in [-0.39, 0.29) is 17.6 Å². The van der Waals surface area contributed by atoms with E-state index in [4.69, 9.17) is 9.63 Å². The van der Waals surface area contributed by atoms with Gasteiger partial charge in [-0.15, -0.1) is 0 Å². The molecular formula is C11H15N3O4. The summed E-state index contributed by atoms with van der Waals surface area (Å²) in [5, 5.41) is 15.0. The number of carbonyl (C=O) groups is 2. The van der Waals surface area contributed by atoms with Gasteiger partial charge < -0.3 is 14.9 Å². The fourth-order valence-corrected chi connectivity index (χ4v) is 2.09. The van der Waals surface area contributed by atoms with Crippen LogP contribution in [0.5, 0.6) is 0 Å². The molecule has 1 atom stereocenters. The Balaban J connectivity index is 1.87. The Morgan fingerprint density at radius 1 is 1.67 bits per heavy atom. The van der Waals surface area contributed by atoms with Gasteiger partial charge >= 0.3 is 5.97 Å². The van der Waals surface area contributed by atoms with Crippen molar-refractivity contribution >= 4 is 11.9 Å². The van der Waals surface area contributed by atoms with E-state index in [1.807, 2.05) is 0 Å². The third-order valence-corrected chi connectivity index (χ3v) is 2.84. The van der Waals surface area contributed by atoms with Gasteiger partial charge in [0.05, 0.1) is 6.54 Å². The summed E-state index contributed by atoms with van der Waals surface area (Å²) < 4.78 is 4.94. The minimum atomic E-state index is -1.09. The smallest absolute Gasteiger partial charge is 0.358 e. The number of aromatic carboxylic acids is 1. The Kier molecular flexibility index (Phi) is 3.61. The Morgan fingerprint density at radius 3 is 3.06 bits per heavy atom. The predicted molar refractivity (Wildman–Crippen MR) is 61.0 cm³/mol. The van der Waals surface area contributed by atoms with Crippen LogP contribution >= 0.6 is 0 Å². The van der Waals surface area contributed by atoms with E-state index in [1.54, 1.807) is 0 Å². The maximum Gasteiger partial charge on any atom is 0.358 e. The highest BCUT2D eigenvalue weighted by atomic mass is 16.5. The van der Waals surface area contributed by atoms with Gasteiger partial charge in [0.1, 0.15) is 0 Å². The van der Waals surface area contributed by atoms with Crippen molar-refractivity contribution in [2.75, 3.05) is 13.1 Å². The molecule has 1 unspecified atom stereocenters. The number of carboxylic acids is 1. The maximum absolute atomic E-state index is 10.9. The van der Waals surface area contributed by atoms with Gasteiger partial charge in [-0.25, -0.2) is 4.79 Å². The quantitative estimate of drug-likeness (QED) is 0.789. The van der Waals surface area contributed by atoms with E-state index in [2.05, 4.69) is 15.4 Å². The van der Waals surface area contributed by atoms with Crippen LogP contribution in [0.4, 0.5) is 0 Å². The summed E-state index contributed by atoms with van der Waals surface area (Å²) in [6.07, 6.45) is 0.888.